The number of nitrogens with zero attached hydrogens (tertiary/aromatic N) is 1. The molecule has 9 heteroatoms. The quantitative estimate of drug-likeness (QED) is 0.413. The van der Waals surface area contributed by atoms with E-state index >= 15 is 0 Å². The molecule has 1 atom stereocenters. The van der Waals surface area contributed by atoms with Gasteiger partial charge in [0.05, 0.1) is 5.02 Å². The smallest absolute Gasteiger partial charge is 0.261 e. The molecular formula is C23H24BrCl3N2O3. The molecule has 2 amide bonds. The highest BCUT2D eigenvalue weighted by atomic mass is 79.9. The number of amides is 2. The van der Waals surface area contributed by atoms with E-state index in [2.05, 4.69) is 21.2 Å². The number of hydrogen-bond acceptors (Lipinski definition) is 3. The molecule has 2 aromatic carbocycles. The van der Waals surface area contributed by atoms with Crippen molar-refractivity contribution in [1.82, 2.24) is 10.2 Å². The Labute approximate surface area is 211 Å². The second-order valence-corrected chi connectivity index (χ2v) is 9.95. The maximum Gasteiger partial charge on any atom is 0.261 e. The van der Waals surface area contributed by atoms with E-state index in [0.29, 0.717) is 26.4 Å². The topological polar surface area (TPSA) is 58.6 Å². The molecule has 0 aromatic heterocycles. The van der Waals surface area contributed by atoms with Crippen molar-refractivity contribution < 1.29 is 14.3 Å². The summed E-state index contributed by atoms with van der Waals surface area (Å²) in [5.41, 5.74) is 0.687. The van der Waals surface area contributed by atoms with Crippen molar-refractivity contribution in [2.75, 3.05) is 6.61 Å². The predicted molar refractivity (Wildman–Crippen MR) is 132 cm³/mol. The molecule has 0 heterocycles. The van der Waals surface area contributed by atoms with Gasteiger partial charge in [-0.2, -0.15) is 0 Å². The van der Waals surface area contributed by atoms with Gasteiger partial charge in [0.2, 0.25) is 5.91 Å². The lowest BCUT2D eigenvalue weighted by Gasteiger charge is -2.30. The molecule has 1 saturated carbocycles. The van der Waals surface area contributed by atoms with Gasteiger partial charge in [0, 0.05) is 27.1 Å². The third-order valence-electron chi connectivity index (χ3n) is 5.47. The van der Waals surface area contributed by atoms with E-state index in [1.54, 1.807) is 43.3 Å². The van der Waals surface area contributed by atoms with E-state index < -0.39 is 6.04 Å². The first-order valence-corrected chi connectivity index (χ1v) is 12.3. The summed E-state index contributed by atoms with van der Waals surface area (Å²) in [6.45, 7) is 1.58. The van der Waals surface area contributed by atoms with Gasteiger partial charge < -0.3 is 15.0 Å². The highest BCUT2D eigenvalue weighted by molar-refractivity contribution is 9.10. The molecule has 1 N–H and O–H groups in total. The molecule has 3 rings (SSSR count). The zero-order valence-electron chi connectivity index (χ0n) is 17.5. The van der Waals surface area contributed by atoms with Crippen LogP contribution in [-0.2, 0) is 16.1 Å². The maximum absolute atomic E-state index is 13.2. The summed E-state index contributed by atoms with van der Waals surface area (Å²) < 4.78 is 6.46. The minimum absolute atomic E-state index is 0.144. The highest BCUT2D eigenvalue weighted by Crippen LogP contribution is 2.28. The molecule has 0 bridgehead atoms. The summed E-state index contributed by atoms with van der Waals surface area (Å²) in [7, 11) is 0. The lowest BCUT2D eigenvalue weighted by Crippen LogP contribution is -2.50. The van der Waals surface area contributed by atoms with Crippen LogP contribution in [0.15, 0.2) is 40.9 Å². The fourth-order valence-corrected chi connectivity index (χ4v) is 4.82. The van der Waals surface area contributed by atoms with Gasteiger partial charge in [0.25, 0.3) is 5.91 Å². The van der Waals surface area contributed by atoms with Gasteiger partial charge in [-0.3, -0.25) is 9.59 Å². The van der Waals surface area contributed by atoms with Crippen molar-refractivity contribution in [3.63, 3.8) is 0 Å². The molecule has 5 nitrogen and oxygen atoms in total. The minimum Gasteiger partial charge on any atom is -0.482 e. The summed E-state index contributed by atoms with van der Waals surface area (Å²) in [6.07, 6.45) is 4.12. The van der Waals surface area contributed by atoms with Gasteiger partial charge >= 0.3 is 0 Å². The summed E-state index contributed by atoms with van der Waals surface area (Å²) in [4.78, 5) is 27.5. The Balaban J connectivity index is 1.76. The van der Waals surface area contributed by atoms with Crippen LogP contribution in [0.25, 0.3) is 0 Å². The van der Waals surface area contributed by atoms with Crippen molar-refractivity contribution in [2.45, 2.75) is 51.2 Å². The molecule has 0 radical (unpaired) electrons. The Morgan fingerprint density at radius 1 is 1.12 bits per heavy atom. The van der Waals surface area contributed by atoms with Gasteiger partial charge in [-0.15, -0.1) is 0 Å². The van der Waals surface area contributed by atoms with Crippen molar-refractivity contribution in [1.29, 1.82) is 0 Å². The predicted octanol–water partition coefficient (Wildman–Crippen LogP) is 6.26. The van der Waals surface area contributed by atoms with Gasteiger partial charge in [-0.05, 0) is 55.7 Å². The minimum atomic E-state index is -0.709. The van der Waals surface area contributed by atoms with E-state index in [-0.39, 0.29) is 31.0 Å². The van der Waals surface area contributed by atoms with Crippen LogP contribution in [0.5, 0.6) is 5.75 Å². The molecule has 0 aliphatic heterocycles. The maximum atomic E-state index is 13.2. The van der Waals surface area contributed by atoms with E-state index in [9.17, 15) is 9.59 Å². The van der Waals surface area contributed by atoms with E-state index in [4.69, 9.17) is 39.5 Å². The number of ether oxygens (including phenoxy) is 1. The fourth-order valence-electron chi connectivity index (χ4n) is 3.62. The van der Waals surface area contributed by atoms with Crippen molar-refractivity contribution in [3.8, 4) is 5.75 Å². The molecule has 0 unspecified atom stereocenters. The zero-order chi connectivity index (χ0) is 23.3. The first-order chi connectivity index (χ1) is 15.2. The van der Waals surface area contributed by atoms with Crippen molar-refractivity contribution in [3.05, 3.63) is 61.5 Å². The molecule has 0 spiro atoms. The number of benzene rings is 2. The molecule has 1 aliphatic rings. The van der Waals surface area contributed by atoms with E-state index in [1.807, 2.05) is 0 Å². The molecular weight excluding hydrogens is 539 g/mol. The number of rotatable bonds is 8. The van der Waals surface area contributed by atoms with Gasteiger partial charge in [-0.25, -0.2) is 0 Å². The van der Waals surface area contributed by atoms with E-state index in [0.717, 1.165) is 30.2 Å². The third kappa shape index (κ3) is 6.77. The van der Waals surface area contributed by atoms with Crippen LogP contribution in [0, 0.1) is 0 Å². The standard InChI is InChI=1S/C23H24BrCl3N2O3/c1-14(23(31)28-18-4-2-3-5-18)29(12-15-6-8-17(25)11-19(15)26)22(30)13-32-21-9-7-16(24)10-20(21)27/h6-11,14,18H,2-5,12-13H2,1H3,(H,28,31)/t14-/m0/s1. The molecule has 172 valence electrons. The highest BCUT2D eigenvalue weighted by Gasteiger charge is 2.29. The Kier molecular flexibility index (Phi) is 9.12. The van der Waals surface area contributed by atoms with Gasteiger partial charge in [-0.1, -0.05) is 69.6 Å². The molecule has 1 fully saturated rings. The molecule has 1 aliphatic carbocycles. The Bertz CT molecular complexity index is 983. The summed E-state index contributed by atoms with van der Waals surface area (Å²) >= 11 is 21.9. The average Bonchev–Trinajstić information content (AvgIpc) is 3.25. The lowest BCUT2D eigenvalue weighted by atomic mass is 10.1. The first-order valence-electron chi connectivity index (χ1n) is 10.4. The number of carbonyl (C=O) groups excluding carboxylic acids is 2. The van der Waals surface area contributed by atoms with Gasteiger partial charge in [0.15, 0.2) is 6.61 Å². The Morgan fingerprint density at radius 3 is 2.50 bits per heavy atom. The van der Waals surface area contributed by atoms with Crippen LogP contribution in [0.1, 0.15) is 38.2 Å². The monoisotopic (exact) mass is 560 g/mol. The number of carbonyl (C=O) groups is 2. The average molecular weight is 563 g/mol. The summed E-state index contributed by atoms with van der Waals surface area (Å²) in [6, 6.07) is 9.64. The Hall–Kier alpha value is -1.47. The fraction of sp³-hybridized carbons (Fsp3) is 0.391. The molecule has 32 heavy (non-hydrogen) atoms. The lowest BCUT2D eigenvalue weighted by molar-refractivity contribution is -0.142. The van der Waals surface area contributed by atoms with Crippen LogP contribution in [-0.4, -0.2) is 35.4 Å². The normalized spacial score (nSPS) is 14.8. The van der Waals surface area contributed by atoms with Crippen LogP contribution in [0.2, 0.25) is 15.1 Å². The van der Waals surface area contributed by atoms with Crippen LogP contribution >= 0.6 is 50.7 Å². The zero-order valence-corrected chi connectivity index (χ0v) is 21.4. The molecule has 2 aromatic rings. The largest absolute Gasteiger partial charge is 0.482 e. The van der Waals surface area contributed by atoms with Crippen LogP contribution in [0.4, 0.5) is 0 Å². The van der Waals surface area contributed by atoms with E-state index in [1.165, 1.54) is 4.90 Å². The Morgan fingerprint density at radius 2 is 1.84 bits per heavy atom. The van der Waals surface area contributed by atoms with Crippen LogP contribution in [0.3, 0.4) is 0 Å². The molecule has 0 saturated heterocycles. The van der Waals surface area contributed by atoms with Crippen molar-refractivity contribution in [2.24, 2.45) is 0 Å². The summed E-state index contributed by atoms with van der Waals surface area (Å²) in [5, 5.41) is 4.36. The number of halogens is 4. The second kappa shape index (κ2) is 11.6. The summed E-state index contributed by atoms with van der Waals surface area (Å²) in [5.74, 6) is -0.170. The van der Waals surface area contributed by atoms with Crippen molar-refractivity contribution >= 4 is 62.5 Å². The van der Waals surface area contributed by atoms with Gasteiger partial charge in [0.1, 0.15) is 11.8 Å². The SMILES string of the molecule is C[C@@H](C(=O)NC1CCCC1)N(Cc1ccc(Cl)cc1Cl)C(=O)COc1ccc(Br)cc1Cl. The number of nitrogens with one attached hydrogen (secondary N) is 1. The third-order valence-corrected chi connectivity index (χ3v) is 6.85. The number of hydrogen-bond donors (Lipinski definition) is 1. The first kappa shape index (κ1) is 25.2. The second-order valence-electron chi connectivity index (χ2n) is 7.79. The van der Waals surface area contributed by atoms with Crippen LogP contribution < -0.4 is 10.1 Å².